The van der Waals surface area contributed by atoms with Gasteiger partial charge in [0.15, 0.2) is 6.20 Å². The second-order valence-electron chi connectivity index (χ2n) is 8.16. The Bertz CT molecular complexity index is 1830. The van der Waals surface area contributed by atoms with E-state index in [9.17, 15) is 0 Å². The molecule has 6 rings (SSSR count). The molecule has 3 heteroatoms. The molecule has 0 atom stereocenters. The lowest BCUT2D eigenvalue weighted by Crippen LogP contribution is -2.31. The quantitative estimate of drug-likeness (QED) is 0.297. The third-order valence-electron chi connectivity index (χ3n) is 6.26. The monoisotopic (exact) mass is 414 g/mol. The molecule has 1 aliphatic rings. The molecule has 0 spiro atoms. The van der Waals surface area contributed by atoms with Gasteiger partial charge in [0.25, 0.3) is 0 Å². The van der Waals surface area contributed by atoms with Gasteiger partial charge in [0.05, 0.1) is 11.3 Å². The van der Waals surface area contributed by atoms with Crippen molar-refractivity contribution in [1.29, 1.82) is 0 Å². The minimum absolute atomic E-state index is 0.126. The van der Waals surface area contributed by atoms with E-state index in [-0.39, 0.29) is 22.4 Å². The fourth-order valence-corrected chi connectivity index (χ4v) is 4.79. The number of benzene rings is 2. The van der Waals surface area contributed by atoms with Gasteiger partial charge >= 0.3 is 0 Å². The second-order valence-corrected chi connectivity index (χ2v) is 8.16. The maximum absolute atomic E-state index is 8.44. The van der Waals surface area contributed by atoms with E-state index in [0.29, 0.717) is 22.1 Å². The minimum Gasteiger partial charge on any atom is -0.454 e. The number of fused-ring (bicyclic) bond motifs is 7. The molecule has 0 fully saturated rings. The highest BCUT2D eigenvalue weighted by Gasteiger charge is 2.38. The first kappa shape index (κ1) is 11.2. The summed E-state index contributed by atoms with van der Waals surface area (Å²) < 4.78 is 82.2. The van der Waals surface area contributed by atoms with Crippen LogP contribution in [-0.4, -0.2) is 4.98 Å². The van der Waals surface area contributed by atoms with Gasteiger partial charge in [-0.05, 0) is 42.6 Å². The van der Waals surface area contributed by atoms with E-state index >= 15 is 0 Å². The second kappa shape index (κ2) is 6.04. The Morgan fingerprint density at radius 2 is 1.74 bits per heavy atom. The van der Waals surface area contributed by atoms with Crippen molar-refractivity contribution in [3.8, 4) is 22.5 Å². The molecule has 0 bridgehead atoms. The van der Waals surface area contributed by atoms with Crippen molar-refractivity contribution in [1.82, 2.24) is 4.98 Å². The molecule has 0 N–H and O–H groups in total. The molecule has 3 aromatic heterocycles. The first-order valence-corrected chi connectivity index (χ1v) is 10.0. The highest BCUT2D eigenvalue weighted by molar-refractivity contribution is 6.14. The van der Waals surface area contributed by atoms with Crippen LogP contribution in [0.15, 0.2) is 65.3 Å². The predicted molar refractivity (Wildman–Crippen MR) is 125 cm³/mol. The topological polar surface area (TPSA) is 29.9 Å². The standard InChI is InChI=1S/C28H25N2O/c1-16-8-13-22(30(5)15-16)23-17(2)9-10-18-19-11-12-20-24(27(19)31-26(18)23)25-21(28(20,3)4)7-6-14-29-25/h6-15H,1-5H3/q+1/i1D3,3D3,4D3. The lowest BCUT2D eigenvalue weighted by Gasteiger charge is -2.20. The fourth-order valence-electron chi connectivity index (χ4n) is 4.79. The molecule has 152 valence electrons. The first-order chi connectivity index (χ1) is 18.6. The summed E-state index contributed by atoms with van der Waals surface area (Å²) >= 11 is 0. The fraction of sp³-hybridized carbons (Fsp3) is 0.214. The Balaban J connectivity index is 1.72. The van der Waals surface area contributed by atoms with Crippen molar-refractivity contribution in [2.75, 3.05) is 0 Å². The summed E-state index contributed by atoms with van der Waals surface area (Å²) in [6, 6.07) is 13.5. The average molecular weight is 415 g/mol. The van der Waals surface area contributed by atoms with Crippen LogP contribution >= 0.6 is 0 Å². The summed E-state index contributed by atoms with van der Waals surface area (Å²) in [7, 11) is 1.77. The normalized spacial score (nSPS) is 19.7. The summed E-state index contributed by atoms with van der Waals surface area (Å²) in [5, 5.41) is 1.45. The van der Waals surface area contributed by atoms with Gasteiger partial charge < -0.3 is 4.42 Å². The molecule has 2 aromatic carbocycles. The van der Waals surface area contributed by atoms with Crippen LogP contribution in [0.4, 0.5) is 0 Å². The number of hydrogen-bond donors (Lipinski definition) is 0. The van der Waals surface area contributed by atoms with Crippen molar-refractivity contribution in [2.24, 2.45) is 7.05 Å². The van der Waals surface area contributed by atoms with Gasteiger partial charge in [-0.15, -0.1) is 0 Å². The van der Waals surface area contributed by atoms with E-state index in [1.165, 1.54) is 12.3 Å². The van der Waals surface area contributed by atoms with Crippen LogP contribution < -0.4 is 4.57 Å². The Hall–Kier alpha value is -3.46. The molecule has 0 radical (unpaired) electrons. The number of furan rings is 1. The number of hydrogen-bond acceptors (Lipinski definition) is 2. The van der Waals surface area contributed by atoms with Crippen molar-refractivity contribution >= 4 is 21.9 Å². The van der Waals surface area contributed by atoms with Gasteiger partial charge in [0.2, 0.25) is 5.69 Å². The highest BCUT2D eigenvalue weighted by atomic mass is 16.3. The number of aryl methyl sites for hydroxylation is 3. The SMILES string of the molecule is [2H]C([2H])([2H])c1ccc(-c2c(C)ccc3c2oc2c4c(ccc23)C(C([2H])([2H])[2H])(C([2H])([2H])[2H])c2cccnc2-4)[n+](C)c1. The Morgan fingerprint density at radius 1 is 0.935 bits per heavy atom. The summed E-state index contributed by atoms with van der Waals surface area (Å²) in [6.45, 7) is -6.13. The molecule has 3 heterocycles. The van der Waals surface area contributed by atoms with E-state index in [4.69, 9.17) is 16.8 Å². The molecule has 0 saturated heterocycles. The first-order valence-electron chi connectivity index (χ1n) is 14.5. The summed E-state index contributed by atoms with van der Waals surface area (Å²) in [4.78, 5) is 4.47. The molecule has 0 unspecified atom stereocenters. The maximum atomic E-state index is 8.44. The van der Waals surface area contributed by atoms with Crippen LogP contribution in [0.25, 0.3) is 44.5 Å². The molecule has 0 amide bonds. The third-order valence-corrected chi connectivity index (χ3v) is 6.26. The van der Waals surface area contributed by atoms with E-state index in [1.54, 1.807) is 48.1 Å². The van der Waals surface area contributed by atoms with Gasteiger partial charge in [-0.1, -0.05) is 44.0 Å². The van der Waals surface area contributed by atoms with E-state index in [1.807, 2.05) is 19.1 Å². The predicted octanol–water partition coefficient (Wildman–Crippen LogP) is 6.40. The molecular weight excluding hydrogens is 380 g/mol. The van der Waals surface area contributed by atoms with Crippen molar-refractivity contribution < 1.29 is 21.3 Å². The summed E-state index contributed by atoms with van der Waals surface area (Å²) in [5.41, 5.74) is 2.08. The zero-order chi connectivity index (χ0) is 29.0. The van der Waals surface area contributed by atoms with Gasteiger partial charge in [-0.25, -0.2) is 4.57 Å². The lowest BCUT2D eigenvalue weighted by atomic mass is 9.82. The maximum Gasteiger partial charge on any atom is 0.216 e. The Labute approximate surface area is 194 Å². The number of pyridine rings is 2. The van der Waals surface area contributed by atoms with Gasteiger partial charge in [0, 0.05) is 51.9 Å². The minimum atomic E-state index is -2.90. The van der Waals surface area contributed by atoms with Gasteiger partial charge in [0.1, 0.15) is 18.2 Å². The molecule has 0 saturated carbocycles. The molecule has 1 aliphatic carbocycles. The average Bonchev–Trinajstić information content (AvgIpc) is 3.37. The smallest absolute Gasteiger partial charge is 0.216 e. The van der Waals surface area contributed by atoms with Gasteiger partial charge in [-0.3, -0.25) is 4.98 Å². The van der Waals surface area contributed by atoms with E-state index in [2.05, 4.69) is 4.98 Å². The lowest BCUT2D eigenvalue weighted by molar-refractivity contribution is -0.660. The third kappa shape index (κ3) is 2.35. The van der Waals surface area contributed by atoms with Crippen molar-refractivity contribution in [3.05, 3.63) is 83.2 Å². The van der Waals surface area contributed by atoms with Crippen LogP contribution in [-0.2, 0) is 12.5 Å². The molecule has 0 aliphatic heterocycles. The molecule has 5 aromatic rings. The Morgan fingerprint density at radius 3 is 2.52 bits per heavy atom. The largest absolute Gasteiger partial charge is 0.454 e. The zero-order valence-corrected chi connectivity index (χ0v) is 17.1. The molecule has 31 heavy (non-hydrogen) atoms. The number of aromatic nitrogens is 2. The van der Waals surface area contributed by atoms with Gasteiger partial charge in [-0.2, -0.15) is 0 Å². The zero-order valence-electron chi connectivity index (χ0n) is 26.1. The van der Waals surface area contributed by atoms with Crippen molar-refractivity contribution in [2.45, 2.75) is 32.9 Å². The van der Waals surface area contributed by atoms with E-state index in [0.717, 1.165) is 22.2 Å². The number of rotatable bonds is 1. The van der Waals surface area contributed by atoms with Crippen LogP contribution in [0, 0.1) is 13.8 Å². The Kier molecular flexibility index (Phi) is 2.19. The van der Waals surface area contributed by atoms with Crippen LogP contribution in [0.3, 0.4) is 0 Å². The van der Waals surface area contributed by atoms with Crippen LogP contribution in [0.2, 0.25) is 0 Å². The van der Waals surface area contributed by atoms with Crippen LogP contribution in [0.1, 0.15) is 48.3 Å². The van der Waals surface area contributed by atoms with E-state index < -0.39 is 26.0 Å². The molecule has 3 nitrogen and oxygen atoms in total. The summed E-state index contributed by atoms with van der Waals surface area (Å²) in [6.07, 6.45) is 3.09. The molecular formula is C28H25N2O+. The summed E-state index contributed by atoms with van der Waals surface area (Å²) in [5.74, 6) is 0. The van der Waals surface area contributed by atoms with Crippen molar-refractivity contribution in [3.63, 3.8) is 0 Å². The highest BCUT2D eigenvalue weighted by Crippen LogP contribution is 2.52. The number of nitrogens with zero attached hydrogens (tertiary/aromatic N) is 2. The van der Waals surface area contributed by atoms with Crippen LogP contribution in [0.5, 0.6) is 0 Å².